The van der Waals surface area contributed by atoms with Crippen LogP contribution in [-0.2, 0) is 4.79 Å². The number of hydrogen-bond donors (Lipinski definition) is 0. The highest BCUT2D eigenvalue weighted by atomic mass is 16.1. The van der Waals surface area contributed by atoms with E-state index in [0.29, 0.717) is 11.2 Å². The molecule has 2 saturated carbocycles. The number of ketones is 1. The molecule has 0 radical (unpaired) electrons. The highest BCUT2D eigenvalue weighted by Gasteiger charge is 2.42. The van der Waals surface area contributed by atoms with E-state index in [-0.39, 0.29) is 0 Å². The maximum Gasteiger partial charge on any atom is 0.133 e. The Morgan fingerprint density at radius 3 is 2.85 bits per heavy atom. The molecule has 2 aliphatic rings. The second kappa shape index (κ2) is 3.43. The van der Waals surface area contributed by atoms with Gasteiger partial charge in [0, 0.05) is 12.8 Å². The molecule has 0 unspecified atom stereocenters. The Kier molecular flexibility index (Phi) is 2.44. The molecule has 13 heavy (non-hydrogen) atoms. The molecule has 74 valence electrons. The fourth-order valence-corrected chi connectivity index (χ4v) is 3.20. The minimum atomic E-state index is 0.386. The Hall–Kier alpha value is -0.330. The minimum absolute atomic E-state index is 0.386. The average Bonchev–Trinajstić information content (AvgIpc) is 2.29. The number of carbonyl (C=O) groups is 1. The number of carbonyl (C=O) groups excluding carboxylic acids is 1. The fourth-order valence-electron chi connectivity index (χ4n) is 3.20. The zero-order valence-electron chi connectivity index (χ0n) is 8.64. The zero-order valence-corrected chi connectivity index (χ0v) is 8.64. The molecule has 2 rings (SSSR count). The summed E-state index contributed by atoms with van der Waals surface area (Å²) in [6, 6.07) is 0. The molecule has 0 aromatic rings. The van der Waals surface area contributed by atoms with E-state index < -0.39 is 0 Å². The van der Waals surface area contributed by atoms with E-state index in [0.717, 1.165) is 18.8 Å². The molecule has 0 saturated heterocycles. The molecule has 0 spiro atoms. The van der Waals surface area contributed by atoms with Crippen molar-refractivity contribution in [2.24, 2.45) is 11.3 Å². The predicted octanol–water partition coefficient (Wildman–Crippen LogP) is 3.33. The quantitative estimate of drug-likeness (QED) is 0.559. The summed E-state index contributed by atoms with van der Waals surface area (Å²) in [6.45, 7) is 2.34. The van der Waals surface area contributed by atoms with Gasteiger partial charge in [0.15, 0.2) is 0 Å². The standard InChI is InChI=1S/C12H20O/c1-12-7-5-3-2-4-6-10(12)8-11(13)9-12/h10H,2-9H2,1H3/t10-,12-/m1/s1. The molecule has 0 heterocycles. The fraction of sp³-hybridized carbons (Fsp3) is 0.917. The Morgan fingerprint density at radius 1 is 1.23 bits per heavy atom. The van der Waals surface area contributed by atoms with E-state index in [4.69, 9.17) is 0 Å². The molecule has 0 N–H and O–H groups in total. The van der Waals surface area contributed by atoms with Crippen LogP contribution in [0.4, 0.5) is 0 Å². The third-order valence-electron chi connectivity index (χ3n) is 4.11. The first-order valence-electron chi connectivity index (χ1n) is 5.72. The molecule has 1 heteroatoms. The van der Waals surface area contributed by atoms with Crippen LogP contribution in [0, 0.1) is 11.3 Å². The molecule has 0 aromatic heterocycles. The predicted molar refractivity (Wildman–Crippen MR) is 53.5 cm³/mol. The number of rotatable bonds is 0. The molecule has 0 bridgehead atoms. The van der Waals surface area contributed by atoms with Crippen LogP contribution in [0.1, 0.15) is 58.3 Å². The first kappa shape index (κ1) is 9.23. The van der Waals surface area contributed by atoms with E-state index in [1.165, 1.54) is 38.5 Å². The molecular weight excluding hydrogens is 160 g/mol. The Balaban J connectivity index is 2.09. The van der Waals surface area contributed by atoms with Gasteiger partial charge in [-0.15, -0.1) is 0 Å². The first-order valence-corrected chi connectivity index (χ1v) is 5.72. The van der Waals surface area contributed by atoms with Gasteiger partial charge in [0.1, 0.15) is 5.78 Å². The minimum Gasteiger partial charge on any atom is -0.300 e. The number of Topliss-reactive ketones (excluding diaryl/α,β-unsaturated/α-hetero) is 1. The number of hydrogen-bond acceptors (Lipinski definition) is 1. The molecule has 2 aliphatic carbocycles. The molecule has 0 aliphatic heterocycles. The zero-order chi connectivity index (χ0) is 9.31. The van der Waals surface area contributed by atoms with Crippen molar-refractivity contribution in [3.8, 4) is 0 Å². The normalized spacial score (nSPS) is 41.0. The van der Waals surface area contributed by atoms with Gasteiger partial charge in [0.25, 0.3) is 0 Å². The van der Waals surface area contributed by atoms with Crippen LogP contribution in [0.25, 0.3) is 0 Å². The molecule has 2 fully saturated rings. The van der Waals surface area contributed by atoms with Gasteiger partial charge in [-0.25, -0.2) is 0 Å². The Bertz CT molecular complexity index is 209. The lowest BCUT2D eigenvalue weighted by Gasteiger charge is -2.32. The van der Waals surface area contributed by atoms with Gasteiger partial charge < -0.3 is 0 Å². The third kappa shape index (κ3) is 1.79. The van der Waals surface area contributed by atoms with Gasteiger partial charge in [-0.3, -0.25) is 4.79 Å². The Morgan fingerprint density at radius 2 is 2.00 bits per heavy atom. The SMILES string of the molecule is C[C@]12CCCCCC[C@@H]1CC(=O)C2. The van der Waals surface area contributed by atoms with Gasteiger partial charge >= 0.3 is 0 Å². The highest BCUT2D eigenvalue weighted by Crippen LogP contribution is 2.48. The molecule has 0 amide bonds. The van der Waals surface area contributed by atoms with Gasteiger partial charge in [-0.1, -0.05) is 32.6 Å². The second-order valence-corrected chi connectivity index (χ2v) is 5.22. The maximum atomic E-state index is 11.4. The van der Waals surface area contributed by atoms with Crippen molar-refractivity contribution in [1.82, 2.24) is 0 Å². The molecule has 0 aromatic carbocycles. The van der Waals surface area contributed by atoms with Crippen molar-refractivity contribution in [2.45, 2.75) is 58.3 Å². The van der Waals surface area contributed by atoms with Gasteiger partial charge in [-0.05, 0) is 24.2 Å². The van der Waals surface area contributed by atoms with E-state index in [9.17, 15) is 4.79 Å². The summed E-state index contributed by atoms with van der Waals surface area (Å²) in [7, 11) is 0. The molecular formula is C12H20O. The van der Waals surface area contributed by atoms with Crippen LogP contribution in [-0.4, -0.2) is 5.78 Å². The van der Waals surface area contributed by atoms with Crippen LogP contribution < -0.4 is 0 Å². The van der Waals surface area contributed by atoms with Crippen LogP contribution in [0.5, 0.6) is 0 Å². The van der Waals surface area contributed by atoms with Crippen molar-refractivity contribution in [1.29, 1.82) is 0 Å². The first-order chi connectivity index (χ1) is 6.21. The van der Waals surface area contributed by atoms with Crippen LogP contribution >= 0.6 is 0 Å². The largest absolute Gasteiger partial charge is 0.300 e. The topological polar surface area (TPSA) is 17.1 Å². The van der Waals surface area contributed by atoms with E-state index in [2.05, 4.69) is 6.92 Å². The lowest BCUT2D eigenvalue weighted by molar-refractivity contribution is -0.118. The van der Waals surface area contributed by atoms with Crippen molar-refractivity contribution in [2.75, 3.05) is 0 Å². The lowest BCUT2D eigenvalue weighted by Crippen LogP contribution is -2.23. The monoisotopic (exact) mass is 180 g/mol. The van der Waals surface area contributed by atoms with Crippen molar-refractivity contribution < 1.29 is 4.79 Å². The summed E-state index contributed by atoms with van der Waals surface area (Å²) in [5.41, 5.74) is 0.386. The van der Waals surface area contributed by atoms with E-state index >= 15 is 0 Å². The summed E-state index contributed by atoms with van der Waals surface area (Å²) in [5.74, 6) is 1.25. The number of fused-ring (bicyclic) bond motifs is 1. The summed E-state index contributed by atoms with van der Waals surface area (Å²) >= 11 is 0. The second-order valence-electron chi connectivity index (χ2n) is 5.22. The average molecular weight is 180 g/mol. The van der Waals surface area contributed by atoms with Crippen molar-refractivity contribution in [3.63, 3.8) is 0 Å². The van der Waals surface area contributed by atoms with E-state index in [1.807, 2.05) is 0 Å². The lowest BCUT2D eigenvalue weighted by atomic mass is 9.72. The molecule has 1 nitrogen and oxygen atoms in total. The maximum absolute atomic E-state index is 11.4. The van der Waals surface area contributed by atoms with Crippen LogP contribution in [0.3, 0.4) is 0 Å². The molecule has 2 atom stereocenters. The summed E-state index contributed by atoms with van der Waals surface area (Å²) in [6.07, 6.45) is 9.84. The third-order valence-corrected chi connectivity index (χ3v) is 4.11. The van der Waals surface area contributed by atoms with E-state index in [1.54, 1.807) is 0 Å². The smallest absolute Gasteiger partial charge is 0.133 e. The van der Waals surface area contributed by atoms with Gasteiger partial charge in [-0.2, -0.15) is 0 Å². The Labute approximate surface area is 80.9 Å². The van der Waals surface area contributed by atoms with Crippen molar-refractivity contribution >= 4 is 5.78 Å². The van der Waals surface area contributed by atoms with Crippen LogP contribution in [0.15, 0.2) is 0 Å². The highest BCUT2D eigenvalue weighted by molar-refractivity contribution is 5.81. The van der Waals surface area contributed by atoms with Crippen LogP contribution in [0.2, 0.25) is 0 Å². The summed E-state index contributed by atoms with van der Waals surface area (Å²) < 4.78 is 0. The van der Waals surface area contributed by atoms with Gasteiger partial charge in [0.2, 0.25) is 0 Å². The van der Waals surface area contributed by atoms with Crippen molar-refractivity contribution in [3.05, 3.63) is 0 Å². The van der Waals surface area contributed by atoms with Gasteiger partial charge in [0.05, 0.1) is 0 Å². The summed E-state index contributed by atoms with van der Waals surface area (Å²) in [4.78, 5) is 11.4. The summed E-state index contributed by atoms with van der Waals surface area (Å²) in [5, 5.41) is 0.